The molecule has 0 fully saturated rings. The average molecular weight is 294 g/mol. The topological polar surface area (TPSA) is 83.3 Å². The lowest BCUT2D eigenvalue weighted by molar-refractivity contribution is 0.102. The average Bonchev–Trinajstić information content (AvgIpc) is 2.86. The Hall–Kier alpha value is -2.82. The van der Waals surface area contributed by atoms with Crippen molar-refractivity contribution in [3.63, 3.8) is 0 Å². The fourth-order valence-corrected chi connectivity index (χ4v) is 2.75. The molecule has 0 aliphatic heterocycles. The highest BCUT2D eigenvalue weighted by Crippen LogP contribution is 2.31. The monoisotopic (exact) mass is 294 g/mol. The van der Waals surface area contributed by atoms with Crippen LogP contribution in [0.15, 0.2) is 47.2 Å². The molecule has 1 aromatic carbocycles. The molecule has 0 unspecified atom stereocenters. The minimum atomic E-state index is -0.181. The zero-order valence-corrected chi connectivity index (χ0v) is 12.2. The van der Waals surface area contributed by atoms with Gasteiger partial charge in [-0.05, 0) is 38.1 Å². The number of aryl methyl sites for hydroxylation is 1. The van der Waals surface area contributed by atoms with Crippen LogP contribution < -0.4 is 11.1 Å². The van der Waals surface area contributed by atoms with Crippen molar-refractivity contribution >= 4 is 24.0 Å². The van der Waals surface area contributed by atoms with E-state index >= 15 is 0 Å². The van der Waals surface area contributed by atoms with Crippen LogP contribution in [0.25, 0.3) is 5.70 Å². The van der Waals surface area contributed by atoms with Crippen molar-refractivity contribution in [2.45, 2.75) is 19.3 Å². The number of anilines is 1. The Morgan fingerprint density at radius 1 is 1.27 bits per heavy atom. The standard InChI is InChI=1S/C17H18N4O/c1-19-16-13(18)8-5-9-14-15(16)12(10-20-14)17(22)21-11-6-3-2-4-7-11/h2-4,6-7,10,20H,1,5,8-9,18H2,(H,21,22). The number of para-hydroxylation sites is 1. The van der Waals surface area contributed by atoms with Crippen molar-refractivity contribution in [1.82, 2.24) is 4.98 Å². The van der Waals surface area contributed by atoms with Crippen LogP contribution >= 0.6 is 0 Å². The molecule has 0 spiro atoms. The number of H-pyrrole nitrogens is 1. The van der Waals surface area contributed by atoms with Gasteiger partial charge in [-0.25, -0.2) is 0 Å². The Morgan fingerprint density at radius 2 is 2.05 bits per heavy atom. The van der Waals surface area contributed by atoms with E-state index in [2.05, 4.69) is 22.0 Å². The van der Waals surface area contributed by atoms with Crippen LogP contribution in [-0.4, -0.2) is 17.6 Å². The van der Waals surface area contributed by atoms with Crippen molar-refractivity contribution in [2.75, 3.05) is 5.32 Å². The summed E-state index contributed by atoms with van der Waals surface area (Å²) < 4.78 is 0. The first-order chi connectivity index (χ1) is 10.7. The molecule has 22 heavy (non-hydrogen) atoms. The van der Waals surface area contributed by atoms with Crippen LogP contribution in [-0.2, 0) is 6.42 Å². The number of fused-ring (bicyclic) bond motifs is 1. The summed E-state index contributed by atoms with van der Waals surface area (Å²) in [6, 6.07) is 9.35. The van der Waals surface area contributed by atoms with Crippen molar-refractivity contribution in [3.05, 3.63) is 59.0 Å². The normalized spacial score (nSPS) is 14.2. The van der Waals surface area contributed by atoms with Crippen LogP contribution in [0, 0.1) is 0 Å². The fraction of sp³-hybridized carbons (Fsp3) is 0.176. The maximum absolute atomic E-state index is 12.6. The third-order valence-electron chi connectivity index (χ3n) is 3.81. The summed E-state index contributed by atoms with van der Waals surface area (Å²) in [6.07, 6.45) is 4.25. The van der Waals surface area contributed by atoms with Crippen LogP contribution in [0.5, 0.6) is 0 Å². The number of aliphatic imine (C=N–C) groups is 1. The van der Waals surface area contributed by atoms with E-state index in [1.165, 1.54) is 0 Å². The summed E-state index contributed by atoms with van der Waals surface area (Å²) in [6.45, 7) is 3.61. The number of aromatic amines is 1. The minimum absolute atomic E-state index is 0.181. The van der Waals surface area contributed by atoms with E-state index in [9.17, 15) is 4.79 Å². The van der Waals surface area contributed by atoms with E-state index in [-0.39, 0.29) is 5.91 Å². The summed E-state index contributed by atoms with van der Waals surface area (Å²) in [7, 11) is 0. The first-order valence-electron chi connectivity index (χ1n) is 7.23. The first-order valence-corrected chi connectivity index (χ1v) is 7.23. The van der Waals surface area contributed by atoms with Gasteiger partial charge in [0.2, 0.25) is 0 Å². The highest BCUT2D eigenvalue weighted by Gasteiger charge is 2.23. The van der Waals surface area contributed by atoms with Crippen molar-refractivity contribution in [3.8, 4) is 0 Å². The molecule has 1 amide bonds. The number of hydrogen-bond acceptors (Lipinski definition) is 3. The molecule has 1 aliphatic rings. The van der Waals surface area contributed by atoms with E-state index in [4.69, 9.17) is 5.73 Å². The molecule has 0 saturated heterocycles. The SMILES string of the molecule is C=NC1=C(N)CCCc2[nH]cc(C(=O)Nc3ccccc3)c21. The van der Waals surface area contributed by atoms with E-state index < -0.39 is 0 Å². The van der Waals surface area contributed by atoms with Gasteiger partial charge >= 0.3 is 0 Å². The van der Waals surface area contributed by atoms with Crippen LogP contribution in [0.2, 0.25) is 0 Å². The van der Waals surface area contributed by atoms with Crippen molar-refractivity contribution < 1.29 is 4.79 Å². The summed E-state index contributed by atoms with van der Waals surface area (Å²) in [5, 5.41) is 2.89. The Balaban J connectivity index is 1.99. The number of amides is 1. The van der Waals surface area contributed by atoms with Crippen molar-refractivity contribution in [2.24, 2.45) is 10.7 Å². The molecule has 1 aliphatic carbocycles. The summed E-state index contributed by atoms with van der Waals surface area (Å²) in [5.41, 5.74) is 10.4. The maximum Gasteiger partial charge on any atom is 0.257 e. The molecule has 2 aromatic rings. The van der Waals surface area contributed by atoms with Crippen molar-refractivity contribution in [1.29, 1.82) is 0 Å². The number of allylic oxidation sites excluding steroid dienone is 1. The Bertz CT molecular complexity index is 743. The van der Waals surface area contributed by atoms with E-state index in [0.29, 0.717) is 17.0 Å². The molecule has 3 rings (SSSR count). The zero-order valence-electron chi connectivity index (χ0n) is 12.2. The zero-order chi connectivity index (χ0) is 15.5. The third-order valence-corrected chi connectivity index (χ3v) is 3.81. The van der Waals surface area contributed by atoms with Gasteiger partial charge in [-0.3, -0.25) is 9.79 Å². The van der Waals surface area contributed by atoms with Crippen LogP contribution in [0.3, 0.4) is 0 Å². The fourth-order valence-electron chi connectivity index (χ4n) is 2.75. The molecule has 112 valence electrons. The molecule has 1 aromatic heterocycles. The minimum Gasteiger partial charge on any atom is -0.400 e. The summed E-state index contributed by atoms with van der Waals surface area (Å²) in [4.78, 5) is 19.8. The summed E-state index contributed by atoms with van der Waals surface area (Å²) in [5.74, 6) is -0.181. The Morgan fingerprint density at radius 3 is 2.77 bits per heavy atom. The molecule has 0 radical (unpaired) electrons. The molecule has 1 heterocycles. The quantitative estimate of drug-likeness (QED) is 0.760. The van der Waals surface area contributed by atoms with E-state index in [1.54, 1.807) is 6.20 Å². The predicted octanol–water partition coefficient (Wildman–Crippen LogP) is 2.93. The second kappa shape index (κ2) is 5.89. The number of nitrogens with zero attached hydrogens (tertiary/aromatic N) is 1. The molecular formula is C17H18N4O. The lowest BCUT2D eigenvalue weighted by Crippen LogP contribution is -2.13. The molecule has 5 heteroatoms. The Kier molecular flexibility index (Phi) is 3.78. The summed E-state index contributed by atoms with van der Waals surface area (Å²) >= 11 is 0. The lowest BCUT2D eigenvalue weighted by Gasteiger charge is -2.08. The van der Waals surface area contributed by atoms with E-state index in [1.807, 2.05) is 30.3 Å². The van der Waals surface area contributed by atoms with Gasteiger partial charge in [0.25, 0.3) is 5.91 Å². The molecule has 5 nitrogen and oxygen atoms in total. The van der Waals surface area contributed by atoms with Gasteiger partial charge in [-0.15, -0.1) is 0 Å². The van der Waals surface area contributed by atoms with Gasteiger partial charge in [0.15, 0.2) is 0 Å². The second-order valence-electron chi connectivity index (χ2n) is 5.26. The molecule has 0 bridgehead atoms. The molecule has 4 N–H and O–H groups in total. The molecular weight excluding hydrogens is 276 g/mol. The number of carbonyl (C=O) groups is 1. The number of nitrogens with one attached hydrogen (secondary N) is 2. The smallest absolute Gasteiger partial charge is 0.257 e. The van der Waals surface area contributed by atoms with Crippen LogP contribution in [0.4, 0.5) is 5.69 Å². The van der Waals surface area contributed by atoms with Gasteiger partial charge in [-0.2, -0.15) is 0 Å². The number of hydrogen-bond donors (Lipinski definition) is 3. The number of benzene rings is 1. The number of rotatable bonds is 3. The van der Waals surface area contributed by atoms with Gasteiger partial charge in [-0.1, -0.05) is 18.2 Å². The number of aromatic nitrogens is 1. The second-order valence-corrected chi connectivity index (χ2v) is 5.26. The van der Waals surface area contributed by atoms with Gasteiger partial charge in [0.1, 0.15) is 0 Å². The highest BCUT2D eigenvalue weighted by molar-refractivity contribution is 6.08. The molecule has 0 saturated carbocycles. The maximum atomic E-state index is 12.6. The molecule has 0 atom stereocenters. The van der Waals surface area contributed by atoms with Crippen LogP contribution in [0.1, 0.15) is 34.5 Å². The Labute approximate surface area is 129 Å². The van der Waals surface area contributed by atoms with Gasteiger partial charge < -0.3 is 16.0 Å². The van der Waals surface area contributed by atoms with E-state index in [0.717, 1.165) is 36.2 Å². The number of carbonyl (C=O) groups excluding carboxylic acids is 1. The third kappa shape index (κ3) is 2.53. The van der Waals surface area contributed by atoms with Gasteiger partial charge in [0, 0.05) is 28.8 Å². The highest BCUT2D eigenvalue weighted by atomic mass is 16.1. The van der Waals surface area contributed by atoms with Gasteiger partial charge in [0.05, 0.1) is 11.3 Å². The number of nitrogens with two attached hydrogens (primary N) is 1. The largest absolute Gasteiger partial charge is 0.400 e. The first kappa shape index (κ1) is 14.1. The predicted molar refractivity (Wildman–Crippen MR) is 88.8 cm³/mol. The lowest BCUT2D eigenvalue weighted by atomic mass is 10.1.